The van der Waals surface area contributed by atoms with Crippen LogP contribution in [0.2, 0.25) is 0 Å². The lowest BCUT2D eigenvalue weighted by molar-refractivity contribution is 0.577. The van der Waals surface area contributed by atoms with E-state index in [1.807, 2.05) is 6.92 Å². The van der Waals surface area contributed by atoms with Crippen molar-refractivity contribution in [3.8, 4) is 0 Å². The van der Waals surface area contributed by atoms with Crippen molar-refractivity contribution in [1.82, 2.24) is 9.71 Å². The van der Waals surface area contributed by atoms with Crippen LogP contribution >= 0.6 is 0 Å². The molecule has 84 valence electrons. The molecule has 0 aliphatic heterocycles. The van der Waals surface area contributed by atoms with Crippen molar-refractivity contribution in [1.29, 1.82) is 0 Å². The Kier molecular flexibility index (Phi) is 4.01. The molecule has 0 spiro atoms. The van der Waals surface area contributed by atoms with Gasteiger partial charge in [-0.3, -0.25) is 5.84 Å². The minimum Gasteiger partial charge on any atom is -0.321 e. The van der Waals surface area contributed by atoms with E-state index in [1.54, 1.807) is 12.1 Å². The molecule has 0 aromatic carbocycles. The van der Waals surface area contributed by atoms with E-state index in [1.165, 1.54) is 6.20 Å². The molecule has 1 rings (SSSR count). The van der Waals surface area contributed by atoms with E-state index >= 15 is 0 Å². The average Bonchev–Trinajstić information content (AvgIpc) is 2.26. The lowest BCUT2D eigenvalue weighted by Crippen LogP contribution is -2.26. The summed E-state index contributed by atoms with van der Waals surface area (Å²) in [4.78, 5) is 3.78. The van der Waals surface area contributed by atoms with Gasteiger partial charge < -0.3 is 5.43 Å². The molecule has 0 bridgehead atoms. The Labute approximate surface area is 88.9 Å². The molecular weight excluding hydrogens is 216 g/mol. The summed E-state index contributed by atoms with van der Waals surface area (Å²) < 4.78 is 25.8. The predicted octanol–water partition coefficient (Wildman–Crippen LogP) is 0.0555. The van der Waals surface area contributed by atoms with Crippen LogP contribution in [0.3, 0.4) is 0 Å². The van der Waals surface area contributed by atoms with Crippen LogP contribution < -0.4 is 16.0 Å². The van der Waals surface area contributed by atoms with Crippen LogP contribution in [-0.2, 0) is 10.0 Å². The van der Waals surface area contributed by atoms with Crippen LogP contribution in [0.1, 0.15) is 13.3 Å². The van der Waals surface area contributed by atoms with Crippen molar-refractivity contribution in [3.05, 3.63) is 18.3 Å². The molecule has 1 aromatic rings. The highest BCUT2D eigenvalue weighted by molar-refractivity contribution is 7.89. The lowest BCUT2D eigenvalue weighted by Gasteiger charge is -2.08. The summed E-state index contributed by atoms with van der Waals surface area (Å²) in [6.45, 7) is 2.26. The number of nitrogen functional groups attached to an aromatic ring is 1. The number of nitrogens with one attached hydrogen (secondary N) is 2. The number of pyridine rings is 1. The summed E-state index contributed by atoms with van der Waals surface area (Å²) in [5.74, 6) is 5.19. The zero-order valence-electron chi connectivity index (χ0n) is 8.40. The monoisotopic (exact) mass is 230 g/mol. The first-order chi connectivity index (χ1) is 7.11. The zero-order valence-corrected chi connectivity index (χ0v) is 9.21. The van der Waals surface area contributed by atoms with E-state index in [-0.39, 0.29) is 10.7 Å². The Bertz CT molecular complexity index is 418. The van der Waals surface area contributed by atoms with E-state index < -0.39 is 10.0 Å². The van der Waals surface area contributed by atoms with Crippen molar-refractivity contribution in [2.45, 2.75) is 18.4 Å². The first-order valence-corrected chi connectivity index (χ1v) is 6.01. The fourth-order valence-electron chi connectivity index (χ4n) is 1.02. The molecule has 0 saturated heterocycles. The van der Waals surface area contributed by atoms with Gasteiger partial charge in [-0.05, 0) is 18.6 Å². The number of nitrogens with zero attached hydrogens (tertiary/aromatic N) is 1. The number of hydrogen-bond acceptors (Lipinski definition) is 5. The number of nitrogens with two attached hydrogens (primary N) is 1. The third-order valence-electron chi connectivity index (χ3n) is 1.72. The minimum absolute atomic E-state index is 0.0825. The van der Waals surface area contributed by atoms with Gasteiger partial charge in [0.15, 0.2) is 5.03 Å². The van der Waals surface area contributed by atoms with Crippen molar-refractivity contribution in [2.75, 3.05) is 12.0 Å². The average molecular weight is 230 g/mol. The molecule has 0 aliphatic rings. The van der Waals surface area contributed by atoms with Crippen molar-refractivity contribution < 1.29 is 8.42 Å². The number of hydrogen-bond donors (Lipinski definition) is 3. The molecule has 6 nitrogen and oxygen atoms in total. The van der Waals surface area contributed by atoms with E-state index in [9.17, 15) is 8.42 Å². The lowest BCUT2D eigenvalue weighted by atomic mass is 10.4. The van der Waals surface area contributed by atoms with Gasteiger partial charge in [-0.25, -0.2) is 18.1 Å². The summed E-state index contributed by atoms with van der Waals surface area (Å²) in [7, 11) is -3.57. The number of hydrazine groups is 1. The van der Waals surface area contributed by atoms with E-state index in [2.05, 4.69) is 15.1 Å². The molecule has 0 saturated carbocycles. The van der Waals surface area contributed by atoms with Gasteiger partial charge in [-0.2, -0.15) is 0 Å². The van der Waals surface area contributed by atoms with Gasteiger partial charge in [0, 0.05) is 12.7 Å². The number of rotatable bonds is 5. The Morgan fingerprint density at radius 1 is 1.53 bits per heavy atom. The Balaban J connectivity index is 3.04. The quantitative estimate of drug-likeness (QED) is 0.490. The van der Waals surface area contributed by atoms with Crippen LogP contribution in [0.15, 0.2) is 23.4 Å². The number of anilines is 1. The van der Waals surface area contributed by atoms with Crippen LogP contribution in [0.25, 0.3) is 0 Å². The van der Waals surface area contributed by atoms with Crippen molar-refractivity contribution in [2.24, 2.45) is 5.84 Å². The first-order valence-electron chi connectivity index (χ1n) is 4.53. The normalized spacial score (nSPS) is 11.3. The summed E-state index contributed by atoms with van der Waals surface area (Å²) in [6.07, 6.45) is 2.12. The van der Waals surface area contributed by atoms with Gasteiger partial charge in [-0.1, -0.05) is 6.92 Å². The van der Waals surface area contributed by atoms with Crippen LogP contribution in [0.5, 0.6) is 0 Å². The third kappa shape index (κ3) is 2.88. The molecule has 4 N–H and O–H groups in total. The molecular formula is C8H14N4O2S. The molecule has 1 heterocycles. The molecule has 1 aromatic heterocycles. The number of sulfonamides is 1. The van der Waals surface area contributed by atoms with Gasteiger partial charge in [0.2, 0.25) is 0 Å². The van der Waals surface area contributed by atoms with E-state index in [4.69, 9.17) is 5.84 Å². The van der Waals surface area contributed by atoms with Gasteiger partial charge >= 0.3 is 0 Å². The van der Waals surface area contributed by atoms with Gasteiger partial charge in [-0.15, -0.1) is 0 Å². The molecule has 15 heavy (non-hydrogen) atoms. The summed E-state index contributed by atoms with van der Waals surface area (Å²) in [6, 6.07) is 3.15. The Hall–Kier alpha value is -1.18. The SMILES string of the molecule is CCCNS(=O)(=O)c1ncccc1NN. The summed E-state index contributed by atoms with van der Waals surface area (Å²) in [5, 5.41) is -0.0825. The Morgan fingerprint density at radius 3 is 2.87 bits per heavy atom. The number of aromatic nitrogens is 1. The smallest absolute Gasteiger partial charge is 0.260 e. The second-order valence-corrected chi connectivity index (χ2v) is 4.58. The molecule has 0 radical (unpaired) electrons. The van der Waals surface area contributed by atoms with Crippen molar-refractivity contribution >= 4 is 15.7 Å². The van der Waals surface area contributed by atoms with Crippen molar-refractivity contribution in [3.63, 3.8) is 0 Å². The maximum Gasteiger partial charge on any atom is 0.260 e. The fourth-order valence-corrected chi connectivity index (χ4v) is 2.25. The largest absolute Gasteiger partial charge is 0.321 e. The molecule has 7 heteroatoms. The molecule has 0 aliphatic carbocycles. The second-order valence-electron chi connectivity index (χ2n) is 2.90. The van der Waals surface area contributed by atoms with Gasteiger partial charge in [0.1, 0.15) is 0 Å². The standard InChI is InChI=1S/C8H14N4O2S/c1-2-5-11-15(13,14)8-7(12-9)4-3-6-10-8/h3-4,6,11-12H,2,5,9H2,1H3. The topological polar surface area (TPSA) is 97.1 Å². The highest BCUT2D eigenvalue weighted by Gasteiger charge is 2.18. The molecule has 0 fully saturated rings. The molecule has 0 atom stereocenters. The fraction of sp³-hybridized carbons (Fsp3) is 0.375. The molecule has 0 amide bonds. The second kappa shape index (κ2) is 5.06. The third-order valence-corrected chi connectivity index (χ3v) is 3.14. The molecule has 0 unspecified atom stereocenters. The highest BCUT2D eigenvalue weighted by Crippen LogP contribution is 2.15. The predicted molar refractivity (Wildman–Crippen MR) is 57.5 cm³/mol. The summed E-state index contributed by atoms with van der Waals surface area (Å²) in [5.41, 5.74) is 2.58. The van der Waals surface area contributed by atoms with Crippen LogP contribution in [-0.4, -0.2) is 19.9 Å². The van der Waals surface area contributed by atoms with Crippen LogP contribution in [0, 0.1) is 0 Å². The first kappa shape index (κ1) is 11.9. The zero-order chi connectivity index (χ0) is 11.3. The van der Waals surface area contributed by atoms with E-state index in [0.717, 1.165) is 6.42 Å². The maximum absolute atomic E-state index is 11.7. The van der Waals surface area contributed by atoms with E-state index in [0.29, 0.717) is 6.54 Å². The van der Waals surface area contributed by atoms with Gasteiger partial charge in [0.25, 0.3) is 10.0 Å². The highest BCUT2D eigenvalue weighted by atomic mass is 32.2. The summed E-state index contributed by atoms with van der Waals surface area (Å²) >= 11 is 0. The van der Waals surface area contributed by atoms with Crippen LogP contribution in [0.4, 0.5) is 5.69 Å². The Morgan fingerprint density at radius 2 is 2.27 bits per heavy atom. The maximum atomic E-state index is 11.7. The minimum atomic E-state index is -3.57. The van der Waals surface area contributed by atoms with Gasteiger partial charge in [0.05, 0.1) is 5.69 Å².